The lowest BCUT2D eigenvalue weighted by Crippen LogP contribution is -2.24. The van der Waals surface area contributed by atoms with Crippen molar-refractivity contribution in [3.63, 3.8) is 0 Å². The molecule has 2 aliphatic rings. The maximum absolute atomic E-state index is 12.8. The summed E-state index contributed by atoms with van der Waals surface area (Å²) in [4.78, 5) is 19.7. The first-order valence-corrected chi connectivity index (χ1v) is 11.6. The van der Waals surface area contributed by atoms with E-state index < -0.39 is 0 Å². The average molecular weight is 422 g/mol. The Morgan fingerprint density at radius 1 is 1.00 bits per heavy atom. The molecule has 0 N–H and O–H groups in total. The van der Waals surface area contributed by atoms with Gasteiger partial charge in [-0.15, -0.1) is 0 Å². The summed E-state index contributed by atoms with van der Waals surface area (Å²) < 4.78 is 2.40. The van der Waals surface area contributed by atoms with Crippen molar-refractivity contribution >= 4 is 34.2 Å². The van der Waals surface area contributed by atoms with Crippen LogP contribution >= 0.6 is 11.6 Å². The number of nitrogens with zero attached hydrogens (tertiary/aromatic N) is 3. The van der Waals surface area contributed by atoms with Crippen LogP contribution in [-0.2, 0) is 11.3 Å². The van der Waals surface area contributed by atoms with E-state index in [1.165, 1.54) is 44.0 Å². The van der Waals surface area contributed by atoms with Gasteiger partial charge < -0.3 is 9.47 Å². The van der Waals surface area contributed by atoms with Gasteiger partial charge in [-0.25, -0.2) is 4.98 Å². The molecule has 5 heteroatoms. The Morgan fingerprint density at radius 3 is 2.57 bits per heavy atom. The topological polar surface area (TPSA) is 38.1 Å². The second-order valence-corrected chi connectivity index (χ2v) is 9.22. The quantitative estimate of drug-likeness (QED) is 0.493. The van der Waals surface area contributed by atoms with Gasteiger partial charge in [-0.05, 0) is 48.7 Å². The summed E-state index contributed by atoms with van der Waals surface area (Å²) in [6, 6.07) is 15.9. The van der Waals surface area contributed by atoms with Gasteiger partial charge in [0.25, 0.3) is 0 Å². The first kappa shape index (κ1) is 19.6. The Morgan fingerprint density at radius 2 is 1.77 bits per heavy atom. The maximum Gasteiger partial charge on any atom is 0.227 e. The number of rotatable bonds is 5. The molecular formula is C25H28ClN3O. The Balaban J connectivity index is 1.42. The van der Waals surface area contributed by atoms with E-state index in [4.69, 9.17) is 16.6 Å². The van der Waals surface area contributed by atoms with Gasteiger partial charge in [0.1, 0.15) is 5.82 Å². The molecule has 1 saturated carbocycles. The number of carbonyl (C=O) groups excluding carboxylic acids is 1. The Labute approximate surface area is 182 Å². The summed E-state index contributed by atoms with van der Waals surface area (Å²) in [6.45, 7) is 1.67. The Kier molecular flexibility index (Phi) is 5.51. The number of imidazole rings is 1. The number of fused-ring (bicyclic) bond motifs is 1. The molecule has 1 aromatic heterocycles. The van der Waals surface area contributed by atoms with Crippen molar-refractivity contribution in [1.82, 2.24) is 9.55 Å². The standard InChI is InChI=1S/C25H28ClN3O/c26-20-10-12-21(13-11-20)29-17-19(16-24(29)30)25-27-22-8-4-5-9-23(22)28(25)15-14-18-6-2-1-3-7-18/h4-5,8-13,18-19H,1-3,6-7,14-17H2/t19-/m1/s1. The van der Waals surface area contributed by atoms with Gasteiger partial charge in [-0.3, -0.25) is 4.79 Å². The lowest BCUT2D eigenvalue weighted by Gasteiger charge is -2.23. The van der Waals surface area contributed by atoms with Crippen LogP contribution in [0.3, 0.4) is 0 Å². The van der Waals surface area contributed by atoms with Crippen LogP contribution < -0.4 is 4.90 Å². The highest BCUT2D eigenvalue weighted by Gasteiger charge is 2.35. The molecule has 1 amide bonds. The van der Waals surface area contributed by atoms with Gasteiger partial charge in [-0.1, -0.05) is 55.8 Å². The normalized spacial score (nSPS) is 20.4. The van der Waals surface area contributed by atoms with E-state index in [0.717, 1.165) is 29.5 Å². The molecule has 4 nitrogen and oxygen atoms in total. The Hall–Kier alpha value is -2.33. The molecule has 0 spiro atoms. The molecule has 2 aromatic carbocycles. The minimum absolute atomic E-state index is 0.118. The SMILES string of the molecule is O=C1C[C@@H](c2nc3ccccc3n2CCC2CCCCC2)CN1c1ccc(Cl)cc1. The number of carbonyl (C=O) groups is 1. The highest BCUT2D eigenvalue weighted by atomic mass is 35.5. The fourth-order valence-electron chi connectivity index (χ4n) is 5.18. The molecule has 1 aliphatic heterocycles. The number of aryl methyl sites for hydroxylation is 1. The average Bonchev–Trinajstić information content (AvgIpc) is 3.34. The lowest BCUT2D eigenvalue weighted by molar-refractivity contribution is -0.117. The number of aromatic nitrogens is 2. The van der Waals surface area contributed by atoms with Crippen molar-refractivity contribution in [1.29, 1.82) is 0 Å². The molecule has 0 bridgehead atoms. The molecule has 0 unspecified atom stereocenters. The van der Waals surface area contributed by atoms with Gasteiger partial charge in [0, 0.05) is 36.1 Å². The number of amides is 1. The third-order valence-corrected chi connectivity index (χ3v) is 7.05. The zero-order valence-electron chi connectivity index (χ0n) is 17.3. The first-order chi connectivity index (χ1) is 14.7. The van der Waals surface area contributed by atoms with E-state index in [1.807, 2.05) is 35.2 Å². The van der Waals surface area contributed by atoms with Crippen molar-refractivity contribution in [2.45, 2.75) is 57.4 Å². The van der Waals surface area contributed by atoms with Gasteiger partial charge in [0.15, 0.2) is 0 Å². The minimum Gasteiger partial charge on any atom is -0.328 e. The Bertz CT molecular complexity index is 1040. The summed E-state index contributed by atoms with van der Waals surface area (Å²) in [7, 11) is 0. The van der Waals surface area contributed by atoms with Crippen LogP contribution in [0.5, 0.6) is 0 Å². The van der Waals surface area contributed by atoms with E-state index in [2.05, 4.69) is 22.8 Å². The number of hydrogen-bond donors (Lipinski definition) is 0. The summed E-state index contributed by atoms with van der Waals surface area (Å²) in [6.07, 6.45) is 8.55. The van der Waals surface area contributed by atoms with E-state index in [-0.39, 0.29) is 11.8 Å². The fourth-order valence-corrected chi connectivity index (χ4v) is 5.31. The van der Waals surface area contributed by atoms with Gasteiger partial charge in [0.05, 0.1) is 11.0 Å². The predicted octanol–water partition coefficient (Wildman–Crippen LogP) is 6.18. The molecule has 2 heterocycles. The first-order valence-electron chi connectivity index (χ1n) is 11.2. The van der Waals surface area contributed by atoms with Crippen LogP contribution in [0, 0.1) is 5.92 Å². The molecule has 2 fully saturated rings. The third kappa shape index (κ3) is 3.85. The van der Waals surface area contributed by atoms with Crippen molar-refractivity contribution in [2.24, 2.45) is 5.92 Å². The molecule has 30 heavy (non-hydrogen) atoms. The third-order valence-electron chi connectivity index (χ3n) is 6.80. The maximum atomic E-state index is 12.8. The van der Waals surface area contributed by atoms with E-state index >= 15 is 0 Å². The van der Waals surface area contributed by atoms with Crippen molar-refractivity contribution in [2.75, 3.05) is 11.4 Å². The lowest BCUT2D eigenvalue weighted by atomic mass is 9.87. The van der Waals surface area contributed by atoms with Gasteiger partial charge in [0.2, 0.25) is 5.91 Å². The minimum atomic E-state index is 0.118. The number of hydrogen-bond acceptors (Lipinski definition) is 2. The molecular weight excluding hydrogens is 394 g/mol. The van der Waals surface area contributed by atoms with Crippen LogP contribution in [0.25, 0.3) is 11.0 Å². The molecule has 1 aliphatic carbocycles. The molecule has 1 atom stereocenters. The van der Waals surface area contributed by atoms with Gasteiger partial charge in [-0.2, -0.15) is 0 Å². The smallest absolute Gasteiger partial charge is 0.227 e. The van der Waals surface area contributed by atoms with Crippen LogP contribution in [0.4, 0.5) is 5.69 Å². The fraction of sp³-hybridized carbons (Fsp3) is 0.440. The van der Waals surface area contributed by atoms with Crippen LogP contribution in [0.1, 0.15) is 56.7 Å². The second-order valence-electron chi connectivity index (χ2n) is 8.78. The molecule has 0 radical (unpaired) electrons. The summed E-state index contributed by atoms with van der Waals surface area (Å²) in [5, 5.41) is 0.687. The highest BCUT2D eigenvalue weighted by Crippen LogP contribution is 2.34. The van der Waals surface area contributed by atoms with Crippen molar-refractivity contribution in [3.05, 3.63) is 59.4 Å². The monoisotopic (exact) mass is 421 g/mol. The van der Waals surface area contributed by atoms with Gasteiger partial charge >= 0.3 is 0 Å². The largest absolute Gasteiger partial charge is 0.328 e. The van der Waals surface area contributed by atoms with E-state index in [1.54, 1.807) is 0 Å². The van der Waals surface area contributed by atoms with E-state index in [9.17, 15) is 4.79 Å². The number of para-hydroxylation sites is 2. The molecule has 5 rings (SSSR count). The highest BCUT2D eigenvalue weighted by molar-refractivity contribution is 6.30. The van der Waals surface area contributed by atoms with Crippen LogP contribution in [-0.4, -0.2) is 22.0 Å². The zero-order chi connectivity index (χ0) is 20.5. The number of benzene rings is 2. The summed E-state index contributed by atoms with van der Waals surface area (Å²) in [5.74, 6) is 2.17. The van der Waals surface area contributed by atoms with E-state index in [0.29, 0.717) is 18.0 Å². The summed E-state index contributed by atoms with van der Waals surface area (Å²) >= 11 is 6.03. The summed E-state index contributed by atoms with van der Waals surface area (Å²) in [5.41, 5.74) is 3.14. The van der Waals surface area contributed by atoms with Crippen molar-refractivity contribution < 1.29 is 4.79 Å². The second kappa shape index (κ2) is 8.43. The van der Waals surface area contributed by atoms with Crippen LogP contribution in [0.15, 0.2) is 48.5 Å². The zero-order valence-corrected chi connectivity index (χ0v) is 18.0. The molecule has 3 aromatic rings. The van der Waals surface area contributed by atoms with Crippen LogP contribution in [0.2, 0.25) is 5.02 Å². The molecule has 1 saturated heterocycles. The number of halogens is 1. The van der Waals surface area contributed by atoms with Crippen molar-refractivity contribution in [3.8, 4) is 0 Å². The molecule has 156 valence electrons. The predicted molar refractivity (Wildman–Crippen MR) is 122 cm³/mol. The number of anilines is 1.